The molecule has 0 bridgehead atoms. The fourth-order valence-electron chi connectivity index (χ4n) is 1.00. The molecule has 8 heteroatoms. The van der Waals surface area contributed by atoms with E-state index >= 15 is 0 Å². The van der Waals surface area contributed by atoms with Crippen molar-refractivity contribution >= 4 is 17.3 Å². The largest absolute Gasteiger partial charge is 0.324 e. The Morgan fingerprint density at radius 2 is 1.88 bits per heavy atom. The van der Waals surface area contributed by atoms with Crippen LogP contribution in [-0.4, -0.2) is 10.8 Å². The molecular formula is C8H5F3N2O3. The SMILES string of the molecule is CC(=O)Nc1cc([N+](=O)[O-])c(F)c(F)c1F. The van der Waals surface area contributed by atoms with Gasteiger partial charge in [-0.1, -0.05) is 0 Å². The lowest BCUT2D eigenvalue weighted by molar-refractivity contribution is -0.387. The van der Waals surface area contributed by atoms with E-state index in [2.05, 4.69) is 0 Å². The highest BCUT2D eigenvalue weighted by molar-refractivity contribution is 5.89. The van der Waals surface area contributed by atoms with E-state index in [0.29, 0.717) is 6.07 Å². The Labute approximate surface area is 87.0 Å². The minimum Gasteiger partial charge on any atom is -0.324 e. The zero-order valence-corrected chi connectivity index (χ0v) is 7.88. The molecule has 0 aliphatic rings. The van der Waals surface area contributed by atoms with Crippen LogP contribution in [0.25, 0.3) is 0 Å². The van der Waals surface area contributed by atoms with Crippen LogP contribution in [-0.2, 0) is 4.79 Å². The lowest BCUT2D eigenvalue weighted by Gasteiger charge is -2.05. The normalized spacial score (nSPS) is 10.0. The maximum absolute atomic E-state index is 13.0. The van der Waals surface area contributed by atoms with Gasteiger partial charge in [0.05, 0.1) is 10.6 Å². The zero-order chi connectivity index (χ0) is 12.5. The summed E-state index contributed by atoms with van der Waals surface area (Å²) >= 11 is 0. The van der Waals surface area contributed by atoms with Crippen LogP contribution in [0.15, 0.2) is 6.07 Å². The molecule has 86 valence electrons. The summed E-state index contributed by atoms with van der Waals surface area (Å²) in [4.78, 5) is 19.6. The van der Waals surface area contributed by atoms with E-state index in [-0.39, 0.29) is 0 Å². The molecule has 1 aromatic carbocycles. The van der Waals surface area contributed by atoms with Crippen LogP contribution in [0.2, 0.25) is 0 Å². The second kappa shape index (κ2) is 4.17. The van der Waals surface area contributed by atoms with Gasteiger partial charge in [-0.2, -0.15) is 4.39 Å². The minimum absolute atomic E-state index is 0.412. The van der Waals surface area contributed by atoms with E-state index in [4.69, 9.17) is 0 Å². The Morgan fingerprint density at radius 1 is 1.31 bits per heavy atom. The van der Waals surface area contributed by atoms with Crippen LogP contribution in [0.1, 0.15) is 6.92 Å². The standard InChI is InChI=1S/C8H5F3N2O3/c1-3(14)12-4-2-5(13(15)16)7(10)8(11)6(4)9/h2H,1H3,(H,12,14). The Morgan fingerprint density at radius 3 is 2.31 bits per heavy atom. The van der Waals surface area contributed by atoms with Gasteiger partial charge in [-0.05, 0) is 0 Å². The summed E-state index contributed by atoms with van der Waals surface area (Å²) in [5, 5.41) is 12.1. The van der Waals surface area contributed by atoms with E-state index < -0.39 is 39.7 Å². The number of nitrogens with one attached hydrogen (secondary N) is 1. The fourth-order valence-corrected chi connectivity index (χ4v) is 1.00. The van der Waals surface area contributed by atoms with Crippen molar-refractivity contribution < 1.29 is 22.9 Å². The van der Waals surface area contributed by atoms with E-state index in [1.807, 2.05) is 5.32 Å². The number of benzene rings is 1. The number of amides is 1. The van der Waals surface area contributed by atoms with Crippen molar-refractivity contribution in [3.8, 4) is 0 Å². The van der Waals surface area contributed by atoms with Crippen LogP contribution in [0.4, 0.5) is 24.5 Å². The molecule has 0 heterocycles. The maximum Gasteiger partial charge on any atom is 0.310 e. The smallest absolute Gasteiger partial charge is 0.310 e. The second-order valence-corrected chi connectivity index (χ2v) is 2.82. The highest BCUT2D eigenvalue weighted by atomic mass is 19.2. The first-order valence-electron chi connectivity index (χ1n) is 3.94. The van der Waals surface area contributed by atoms with Gasteiger partial charge in [-0.3, -0.25) is 14.9 Å². The number of carbonyl (C=O) groups is 1. The third kappa shape index (κ3) is 2.10. The summed E-state index contributed by atoms with van der Waals surface area (Å²) < 4.78 is 38.7. The van der Waals surface area contributed by atoms with Gasteiger partial charge in [0.25, 0.3) is 0 Å². The Bertz CT molecular complexity index is 476. The monoisotopic (exact) mass is 234 g/mol. The van der Waals surface area contributed by atoms with E-state index in [1.54, 1.807) is 0 Å². The molecule has 0 spiro atoms. The average molecular weight is 234 g/mol. The van der Waals surface area contributed by atoms with Crippen molar-refractivity contribution in [2.24, 2.45) is 0 Å². The summed E-state index contributed by atoms with van der Waals surface area (Å²) in [6.07, 6.45) is 0. The quantitative estimate of drug-likeness (QED) is 0.483. The molecule has 0 aromatic heterocycles. The first-order valence-corrected chi connectivity index (χ1v) is 3.94. The van der Waals surface area contributed by atoms with Gasteiger partial charge >= 0.3 is 5.69 Å². The number of nitro benzene ring substituents is 1. The van der Waals surface area contributed by atoms with Gasteiger partial charge in [0.2, 0.25) is 17.5 Å². The van der Waals surface area contributed by atoms with Gasteiger partial charge in [0.15, 0.2) is 5.82 Å². The van der Waals surface area contributed by atoms with E-state index in [1.165, 1.54) is 0 Å². The Balaban J connectivity index is 3.40. The highest BCUT2D eigenvalue weighted by Gasteiger charge is 2.25. The number of anilines is 1. The van der Waals surface area contributed by atoms with Crippen LogP contribution in [0, 0.1) is 27.6 Å². The van der Waals surface area contributed by atoms with Crippen LogP contribution >= 0.6 is 0 Å². The summed E-state index contributed by atoms with van der Waals surface area (Å²) in [6.45, 7) is 0.993. The Hall–Kier alpha value is -2.12. The molecule has 1 amide bonds. The van der Waals surface area contributed by atoms with Gasteiger partial charge in [-0.15, -0.1) is 0 Å². The van der Waals surface area contributed by atoms with Crippen LogP contribution in [0.3, 0.4) is 0 Å². The van der Waals surface area contributed by atoms with Gasteiger partial charge in [0, 0.05) is 13.0 Å². The lowest BCUT2D eigenvalue weighted by atomic mass is 10.2. The summed E-state index contributed by atoms with van der Waals surface area (Å²) in [6, 6.07) is 0.412. The van der Waals surface area contributed by atoms with E-state index in [0.717, 1.165) is 6.92 Å². The third-order valence-electron chi connectivity index (χ3n) is 1.64. The maximum atomic E-state index is 13.0. The predicted octanol–water partition coefficient (Wildman–Crippen LogP) is 1.97. The number of hydrogen-bond acceptors (Lipinski definition) is 3. The van der Waals surface area contributed by atoms with Crippen molar-refractivity contribution in [2.75, 3.05) is 5.32 Å². The van der Waals surface area contributed by atoms with Crippen molar-refractivity contribution in [1.82, 2.24) is 0 Å². The van der Waals surface area contributed by atoms with E-state index in [9.17, 15) is 28.1 Å². The summed E-state index contributed by atoms with van der Waals surface area (Å²) in [5.74, 6) is -6.35. The molecule has 0 radical (unpaired) electrons. The van der Waals surface area contributed by atoms with Gasteiger partial charge in [-0.25, -0.2) is 8.78 Å². The van der Waals surface area contributed by atoms with Gasteiger partial charge in [0.1, 0.15) is 0 Å². The van der Waals surface area contributed by atoms with Crippen molar-refractivity contribution in [2.45, 2.75) is 6.92 Å². The minimum atomic E-state index is -2.00. The summed E-state index contributed by atoms with van der Waals surface area (Å²) in [5.41, 5.74) is -2.03. The van der Waals surface area contributed by atoms with Crippen molar-refractivity contribution in [3.63, 3.8) is 0 Å². The molecule has 0 unspecified atom stereocenters. The number of rotatable bonds is 2. The number of nitrogens with zero attached hydrogens (tertiary/aromatic N) is 1. The highest BCUT2D eigenvalue weighted by Crippen LogP contribution is 2.28. The molecule has 5 nitrogen and oxygen atoms in total. The Kier molecular flexibility index (Phi) is 3.11. The molecule has 0 fully saturated rings. The van der Waals surface area contributed by atoms with Crippen molar-refractivity contribution in [3.05, 3.63) is 33.6 Å². The molecule has 1 N–H and O–H groups in total. The molecule has 16 heavy (non-hydrogen) atoms. The molecule has 1 rings (SSSR count). The predicted molar refractivity (Wildman–Crippen MR) is 47.3 cm³/mol. The molecule has 0 saturated heterocycles. The van der Waals surface area contributed by atoms with Crippen LogP contribution in [0.5, 0.6) is 0 Å². The topological polar surface area (TPSA) is 72.2 Å². The fraction of sp³-hybridized carbons (Fsp3) is 0.125. The lowest BCUT2D eigenvalue weighted by Crippen LogP contribution is -2.10. The number of hydrogen-bond donors (Lipinski definition) is 1. The van der Waals surface area contributed by atoms with Crippen molar-refractivity contribution in [1.29, 1.82) is 0 Å². The first kappa shape index (κ1) is 12.0. The summed E-state index contributed by atoms with van der Waals surface area (Å²) in [7, 11) is 0. The number of carbonyl (C=O) groups excluding carboxylic acids is 1. The second-order valence-electron chi connectivity index (χ2n) is 2.82. The molecule has 0 aliphatic heterocycles. The zero-order valence-electron chi connectivity index (χ0n) is 7.88. The molecular weight excluding hydrogens is 229 g/mol. The first-order chi connectivity index (χ1) is 7.34. The number of nitro groups is 1. The molecule has 0 aliphatic carbocycles. The average Bonchev–Trinajstić information content (AvgIpc) is 2.18. The molecule has 0 atom stereocenters. The number of halogens is 3. The third-order valence-corrected chi connectivity index (χ3v) is 1.64. The molecule has 0 saturated carbocycles. The van der Waals surface area contributed by atoms with Crippen LogP contribution < -0.4 is 5.32 Å². The molecule has 1 aromatic rings. The van der Waals surface area contributed by atoms with Gasteiger partial charge < -0.3 is 5.32 Å².